The van der Waals surface area contributed by atoms with Gasteiger partial charge in [-0.1, -0.05) is 13.8 Å². The fourth-order valence-corrected chi connectivity index (χ4v) is 4.49. The van der Waals surface area contributed by atoms with Gasteiger partial charge < -0.3 is 15.1 Å². The lowest BCUT2D eigenvalue weighted by Gasteiger charge is -2.35. The first kappa shape index (κ1) is 16.9. The van der Waals surface area contributed by atoms with E-state index in [2.05, 4.69) is 45.7 Å². The third kappa shape index (κ3) is 5.37. The van der Waals surface area contributed by atoms with Crippen molar-refractivity contribution >= 4 is 17.7 Å². The summed E-state index contributed by atoms with van der Waals surface area (Å²) in [5.41, 5.74) is 0. The summed E-state index contributed by atoms with van der Waals surface area (Å²) in [6, 6.07) is 0. The molecule has 0 saturated carbocycles. The zero-order valence-corrected chi connectivity index (χ0v) is 14.8. The van der Waals surface area contributed by atoms with E-state index in [1.54, 1.807) is 0 Å². The highest BCUT2D eigenvalue weighted by Gasteiger charge is 2.21. The van der Waals surface area contributed by atoms with E-state index >= 15 is 0 Å². The minimum Gasteiger partial charge on any atom is -0.355 e. The van der Waals surface area contributed by atoms with Crippen LogP contribution in [0.2, 0.25) is 0 Å². The molecule has 0 spiro atoms. The Hall–Kier alpha value is -0.420. The van der Waals surface area contributed by atoms with Crippen LogP contribution >= 0.6 is 11.8 Å². The number of thioether (sulfide) groups is 1. The maximum absolute atomic E-state index is 4.48. The van der Waals surface area contributed by atoms with Gasteiger partial charge in [0.15, 0.2) is 5.96 Å². The van der Waals surface area contributed by atoms with Gasteiger partial charge in [-0.25, -0.2) is 0 Å². The standard InChI is InChI=1S/C16H32N4S/c1-4-15-13-20(10-11-21-15)16(17-3)18-7-9-19-8-5-6-14(2)12-19/h14-15H,4-13H2,1-3H3,(H,17,18). The summed E-state index contributed by atoms with van der Waals surface area (Å²) in [6.45, 7) is 11.6. The van der Waals surface area contributed by atoms with Crippen molar-refractivity contribution in [3.05, 3.63) is 0 Å². The van der Waals surface area contributed by atoms with Gasteiger partial charge >= 0.3 is 0 Å². The lowest BCUT2D eigenvalue weighted by molar-refractivity contribution is 0.186. The molecule has 2 heterocycles. The number of rotatable bonds is 4. The molecule has 0 aromatic carbocycles. The van der Waals surface area contributed by atoms with E-state index in [1.165, 1.54) is 38.1 Å². The number of nitrogens with zero attached hydrogens (tertiary/aromatic N) is 3. The molecule has 122 valence electrons. The molecule has 2 aliphatic heterocycles. The van der Waals surface area contributed by atoms with Crippen LogP contribution < -0.4 is 5.32 Å². The van der Waals surface area contributed by atoms with Crippen molar-refractivity contribution in [2.24, 2.45) is 10.9 Å². The van der Waals surface area contributed by atoms with Crippen LogP contribution in [0.5, 0.6) is 0 Å². The van der Waals surface area contributed by atoms with Gasteiger partial charge in [-0.2, -0.15) is 11.8 Å². The highest BCUT2D eigenvalue weighted by molar-refractivity contribution is 8.00. The fourth-order valence-electron chi connectivity index (χ4n) is 3.31. The van der Waals surface area contributed by atoms with Crippen molar-refractivity contribution in [2.45, 2.75) is 38.4 Å². The molecule has 2 rings (SSSR count). The topological polar surface area (TPSA) is 30.9 Å². The second kappa shape index (κ2) is 8.89. The van der Waals surface area contributed by atoms with E-state index in [0.717, 1.165) is 43.3 Å². The smallest absolute Gasteiger partial charge is 0.193 e. The van der Waals surface area contributed by atoms with Gasteiger partial charge in [0.2, 0.25) is 0 Å². The van der Waals surface area contributed by atoms with Crippen molar-refractivity contribution < 1.29 is 0 Å². The Kier molecular flexibility index (Phi) is 7.17. The average molecular weight is 313 g/mol. The van der Waals surface area contributed by atoms with Crippen LogP contribution in [0, 0.1) is 5.92 Å². The molecule has 1 N–H and O–H groups in total. The summed E-state index contributed by atoms with van der Waals surface area (Å²) < 4.78 is 0. The predicted molar refractivity (Wildman–Crippen MR) is 94.3 cm³/mol. The minimum absolute atomic E-state index is 0.764. The number of piperidine rings is 1. The average Bonchev–Trinajstić information content (AvgIpc) is 2.52. The van der Waals surface area contributed by atoms with E-state index in [9.17, 15) is 0 Å². The van der Waals surface area contributed by atoms with Gasteiger partial charge in [0.1, 0.15) is 0 Å². The van der Waals surface area contributed by atoms with Crippen molar-refractivity contribution in [3.8, 4) is 0 Å². The molecule has 2 fully saturated rings. The number of guanidine groups is 1. The molecule has 2 aliphatic rings. The Morgan fingerprint density at radius 2 is 2.19 bits per heavy atom. The zero-order valence-electron chi connectivity index (χ0n) is 14.0. The number of aliphatic imine (C=N–C) groups is 1. The molecular weight excluding hydrogens is 280 g/mol. The molecule has 0 radical (unpaired) electrons. The van der Waals surface area contributed by atoms with Crippen LogP contribution in [-0.2, 0) is 0 Å². The van der Waals surface area contributed by atoms with Crippen LogP contribution in [0.1, 0.15) is 33.1 Å². The van der Waals surface area contributed by atoms with Crippen LogP contribution in [0.4, 0.5) is 0 Å². The van der Waals surface area contributed by atoms with Crippen molar-refractivity contribution in [2.75, 3.05) is 52.1 Å². The van der Waals surface area contributed by atoms with E-state index in [-0.39, 0.29) is 0 Å². The van der Waals surface area contributed by atoms with E-state index in [1.807, 2.05) is 7.05 Å². The van der Waals surface area contributed by atoms with Gasteiger partial charge in [-0.05, 0) is 31.7 Å². The van der Waals surface area contributed by atoms with Gasteiger partial charge in [0, 0.05) is 50.8 Å². The zero-order chi connectivity index (χ0) is 15.1. The molecule has 0 aliphatic carbocycles. The van der Waals surface area contributed by atoms with E-state index in [0.29, 0.717) is 0 Å². The molecule has 2 saturated heterocycles. The van der Waals surface area contributed by atoms with Gasteiger partial charge in [-0.15, -0.1) is 0 Å². The second-order valence-corrected chi connectivity index (χ2v) is 7.78. The highest BCUT2D eigenvalue weighted by atomic mass is 32.2. The first-order valence-corrected chi connectivity index (χ1v) is 9.57. The minimum atomic E-state index is 0.764. The molecule has 21 heavy (non-hydrogen) atoms. The van der Waals surface area contributed by atoms with Gasteiger partial charge in [0.25, 0.3) is 0 Å². The number of hydrogen-bond acceptors (Lipinski definition) is 3. The Morgan fingerprint density at radius 1 is 1.33 bits per heavy atom. The number of nitrogens with one attached hydrogen (secondary N) is 1. The first-order valence-electron chi connectivity index (χ1n) is 8.52. The normalized spacial score (nSPS) is 28.7. The Balaban J connectivity index is 1.72. The Morgan fingerprint density at radius 3 is 2.90 bits per heavy atom. The monoisotopic (exact) mass is 312 g/mol. The molecule has 0 amide bonds. The van der Waals surface area contributed by atoms with E-state index < -0.39 is 0 Å². The molecule has 0 aromatic rings. The number of likely N-dealkylation sites (tertiary alicyclic amines) is 1. The Labute approximate surface area is 134 Å². The third-order valence-electron chi connectivity index (χ3n) is 4.56. The first-order chi connectivity index (χ1) is 10.2. The summed E-state index contributed by atoms with van der Waals surface area (Å²) in [4.78, 5) is 9.51. The summed E-state index contributed by atoms with van der Waals surface area (Å²) in [6.07, 6.45) is 4.01. The third-order valence-corrected chi connectivity index (χ3v) is 5.93. The summed E-state index contributed by atoms with van der Waals surface area (Å²) in [5.74, 6) is 3.18. The van der Waals surface area contributed by atoms with E-state index in [4.69, 9.17) is 0 Å². The van der Waals surface area contributed by atoms with Crippen molar-refractivity contribution in [1.29, 1.82) is 0 Å². The van der Waals surface area contributed by atoms with Crippen LogP contribution in [-0.4, -0.2) is 73.1 Å². The van der Waals surface area contributed by atoms with Crippen LogP contribution in [0.25, 0.3) is 0 Å². The van der Waals surface area contributed by atoms with Crippen molar-refractivity contribution in [3.63, 3.8) is 0 Å². The molecular formula is C16H32N4S. The van der Waals surface area contributed by atoms with Crippen LogP contribution in [0.3, 0.4) is 0 Å². The van der Waals surface area contributed by atoms with Gasteiger partial charge in [0.05, 0.1) is 0 Å². The lowest BCUT2D eigenvalue weighted by atomic mass is 10.0. The van der Waals surface area contributed by atoms with Crippen LogP contribution in [0.15, 0.2) is 4.99 Å². The largest absolute Gasteiger partial charge is 0.355 e. The molecule has 5 heteroatoms. The predicted octanol–water partition coefficient (Wildman–Crippen LogP) is 2.12. The quantitative estimate of drug-likeness (QED) is 0.636. The SMILES string of the molecule is CCC1CN(C(=NC)NCCN2CCCC(C)C2)CCS1. The molecule has 0 aromatic heterocycles. The Bertz CT molecular complexity index is 334. The summed E-state index contributed by atoms with van der Waals surface area (Å²) in [5, 5.41) is 4.34. The lowest BCUT2D eigenvalue weighted by Crippen LogP contribution is -2.49. The maximum Gasteiger partial charge on any atom is 0.193 e. The summed E-state index contributed by atoms with van der Waals surface area (Å²) >= 11 is 2.11. The molecule has 0 bridgehead atoms. The van der Waals surface area contributed by atoms with Gasteiger partial charge in [-0.3, -0.25) is 4.99 Å². The molecule has 2 unspecified atom stereocenters. The maximum atomic E-state index is 4.48. The summed E-state index contributed by atoms with van der Waals surface area (Å²) in [7, 11) is 1.91. The highest BCUT2D eigenvalue weighted by Crippen LogP contribution is 2.21. The molecule has 2 atom stereocenters. The second-order valence-electron chi connectivity index (χ2n) is 6.37. The fraction of sp³-hybridized carbons (Fsp3) is 0.938. The van der Waals surface area contributed by atoms with Crippen molar-refractivity contribution in [1.82, 2.24) is 15.1 Å². The molecule has 4 nitrogen and oxygen atoms in total. The number of hydrogen-bond donors (Lipinski definition) is 1.